The standard InChI is InChI=1S/C23H23N7/c1-15-4-2-3-5-17(15)13-25-10-11-30-14-19-18-7-6-16(20-8-9-26-28-20)12-21(18)27-23(24)22(19)29-30/h2-9,12,14,25H,10-11,13H2,1H3,(H2,24,27)(H,26,28). The molecule has 0 amide bonds. The van der Waals surface area contributed by atoms with Crippen molar-refractivity contribution in [2.45, 2.75) is 20.0 Å². The number of nitrogens with two attached hydrogens (primary N) is 1. The highest BCUT2D eigenvalue weighted by molar-refractivity contribution is 6.08. The lowest BCUT2D eigenvalue weighted by Crippen LogP contribution is -2.20. The van der Waals surface area contributed by atoms with E-state index < -0.39 is 0 Å². The number of anilines is 1. The van der Waals surface area contributed by atoms with Gasteiger partial charge in [0, 0.05) is 41.8 Å². The molecule has 0 bridgehead atoms. The first-order valence-corrected chi connectivity index (χ1v) is 10.0. The van der Waals surface area contributed by atoms with Gasteiger partial charge in [0.1, 0.15) is 5.52 Å². The number of benzene rings is 2. The van der Waals surface area contributed by atoms with Gasteiger partial charge in [0.05, 0.1) is 17.8 Å². The Hall–Kier alpha value is -3.71. The summed E-state index contributed by atoms with van der Waals surface area (Å²) in [5.74, 6) is 0.447. The third-order valence-corrected chi connectivity index (χ3v) is 5.42. The second kappa shape index (κ2) is 7.61. The Labute approximate surface area is 173 Å². The number of nitrogen functional groups attached to an aromatic ring is 1. The molecule has 5 rings (SSSR count). The Morgan fingerprint density at radius 3 is 2.83 bits per heavy atom. The van der Waals surface area contributed by atoms with Gasteiger partial charge in [-0.1, -0.05) is 36.4 Å². The van der Waals surface area contributed by atoms with Crippen LogP contribution in [0.3, 0.4) is 0 Å². The Kier molecular flexibility index (Phi) is 4.65. The highest BCUT2D eigenvalue weighted by atomic mass is 15.3. The Morgan fingerprint density at radius 1 is 1.10 bits per heavy atom. The summed E-state index contributed by atoms with van der Waals surface area (Å²) in [5.41, 5.74) is 12.3. The Bertz CT molecular complexity index is 1320. The molecule has 0 saturated heterocycles. The van der Waals surface area contributed by atoms with Crippen molar-refractivity contribution in [3.63, 3.8) is 0 Å². The van der Waals surface area contributed by atoms with Crippen LogP contribution in [0.5, 0.6) is 0 Å². The van der Waals surface area contributed by atoms with Gasteiger partial charge in [-0.25, -0.2) is 4.98 Å². The second-order valence-corrected chi connectivity index (χ2v) is 7.45. The van der Waals surface area contributed by atoms with Crippen LogP contribution in [0, 0.1) is 6.92 Å². The fourth-order valence-electron chi connectivity index (χ4n) is 3.76. The number of aryl methyl sites for hydroxylation is 1. The van der Waals surface area contributed by atoms with Gasteiger partial charge < -0.3 is 11.1 Å². The first kappa shape index (κ1) is 18.3. The summed E-state index contributed by atoms with van der Waals surface area (Å²) in [4.78, 5) is 4.58. The smallest absolute Gasteiger partial charge is 0.152 e. The van der Waals surface area contributed by atoms with Crippen molar-refractivity contribution in [2.24, 2.45) is 0 Å². The Morgan fingerprint density at radius 2 is 2.00 bits per heavy atom. The van der Waals surface area contributed by atoms with Gasteiger partial charge >= 0.3 is 0 Å². The molecule has 0 aliphatic carbocycles. The molecule has 150 valence electrons. The van der Waals surface area contributed by atoms with E-state index in [-0.39, 0.29) is 0 Å². The topological polar surface area (TPSA) is 97.4 Å². The highest BCUT2D eigenvalue weighted by Crippen LogP contribution is 2.29. The molecule has 3 heterocycles. The SMILES string of the molecule is Cc1ccccc1CNCCn1cc2c(n1)c(N)nc1cc(-c3cc[nH]n3)ccc12. The van der Waals surface area contributed by atoms with Gasteiger partial charge in [-0.3, -0.25) is 9.78 Å². The minimum Gasteiger partial charge on any atom is -0.382 e. The summed E-state index contributed by atoms with van der Waals surface area (Å²) in [7, 11) is 0. The van der Waals surface area contributed by atoms with Crippen LogP contribution in [0.4, 0.5) is 5.82 Å². The van der Waals surface area contributed by atoms with Crippen LogP contribution in [-0.4, -0.2) is 31.5 Å². The molecule has 7 nitrogen and oxygen atoms in total. The average molecular weight is 397 g/mol. The van der Waals surface area contributed by atoms with Crippen LogP contribution >= 0.6 is 0 Å². The second-order valence-electron chi connectivity index (χ2n) is 7.45. The molecule has 0 unspecified atom stereocenters. The first-order chi connectivity index (χ1) is 14.7. The maximum atomic E-state index is 6.23. The maximum absolute atomic E-state index is 6.23. The Balaban J connectivity index is 1.37. The number of hydrogen-bond donors (Lipinski definition) is 3. The van der Waals surface area contributed by atoms with Crippen molar-refractivity contribution in [3.8, 4) is 11.3 Å². The molecule has 0 saturated carbocycles. The number of fused-ring (bicyclic) bond motifs is 3. The zero-order valence-electron chi connectivity index (χ0n) is 16.8. The molecule has 2 aromatic carbocycles. The minimum absolute atomic E-state index is 0.447. The van der Waals surface area contributed by atoms with Gasteiger partial charge in [0.15, 0.2) is 5.82 Å². The molecule has 30 heavy (non-hydrogen) atoms. The summed E-state index contributed by atoms with van der Waals surface area (Å²) in [6, 6.07) is 16.5. The van der Waals surface area contributed by atoms with E-state index in [4.69, 9.17) is 5.73 Å². The van der Waals surface area contributed by atoms with Gasteiger partial charge in [-0.05, 0) is 30.2 Å². The molecule has 5 aromatic rings. The number of nitrogens with zero attached hydrogens (tertiary/aromatic N) is 4. The molecule has 7 heteroatoms. The van der Waals surface area contributed by atoms with E-state index in [1.807, 2.05) is 23.0 Å². The summed E-state index contributed by atoms with van der Waals surface area (Å²) in [6.45, 7) is 4.55. The van der Waals surface area contributed by atoms with E-state index in [1.165, 1.54) is 11.1 Å². The fourth-order valence-corrected chi connectivity index (χ4v) is 3.76. The lowest BCUT2D eigenvalue weighted by molar-refractivity contribution is 0.558. The van der Waals surface area contributed by atoms with Gasteiger partial charge in [0.25, 0.3) is 0 Å². The van der Waals surface area contributed by atoms with Crippen molar-refractivity contribution in [1.29, 1.82) is 0 Å². The number of aromatic amines is 1. The van der Waals surface area contributed by atoms with Crippen molar-refractivity contribution in [2.75, 3.05) is 12.3 Å². The molecule has 0 radical (unpaired) electrons. The summed E-state index contributed by atoms with van der Waals surface area (Å²) in [6.07, 6.45) is 3.86. The minimum atomic E-state index is 0.447. The van der Waals surface area contributed by atoms with E-state index in [9.17, 15) is 0 Å². The van der Waals surface area contributed by atoms with Crippen LogP contribution < -0.4 is 11.1 Å². The lowest BCUT2D eigenvalue weighted by atomic mass is 10.1. The predicted molar refractivity (Wildman–Crippen MR) is 120 cm³/mol. The monoisotopic (exact) mass is 397 g/mol. The summed E-state index contributed by atoms with van der Waals surface area (Å²) in [5, 5.41) is 17.3. The largest absolute Gasteiger partial charge is 0.382 e. The number of nitrogens with one attached hydrogen (secondary N) is 2. The van der Waals surface area contributed by atoms with Crippen molar-refractivity contribution >= 4 is 27.6 Å². The molecule has 0 aliphatic rings. The fraction of sp³-hybridized carbons (Fsp3) is 0.174. The summed E-state index contributed by atoms with van der Waals surface area (Å²) >= 11 is 0. The third kappa shape index (κ3) is 3.40. The van der Waals surface area contributed by atoms with Gasteiger partial charge in [-0.2, -0.15) is 10.2 Å². The molecule has 4 N–H and O–H groups in total. The third-order valence-electron chi connectivity index (χ3n) is 5.42. The maximum Gasteiger partial charge on any atom is 0.152 e. The van der Waals surface area contributed by atoms with E-state index in [0.29, 0.717) is 5.82 Å². The molecule has 0 fully saturated rings. The number of rotatable bonds is 6. The van der Waals surface area contributed by atoms with Crippen LogP contribution in [-0.2, 0) is 13.1 Å². The zero-order chi connectivity index (χ0) is 20.5. The first-order valence-electron chi connectivity index (χ1n) is 10.0. The molecular formula is C23H23N7. The van der Waals surface area contributed by atoms with Crippen molar-refractivity contribution in [1.82, 2.24) is 30.3 Å². The predicted octanol–water partition coefficient (Wildman–Crippen LogP) is 3.66. The van der Waals surface area contributed by atoms with E-state index >= 15 is 0 Å². The zero-order valence-corrected chi connectivity index (χ0v) is 16.8. The number of hydrogen-bond acceptors (Lipinski definition) is 5. The van der Waals surface area contributed by atoms with Crippen LogP contribution in [0.1, 0.15) is 11.1 Å². The van der Waals surface area contributed by atoms with Crippen LogP contribution in [0.15, 0.2) is 60.9 Å². The van der Waals surface area contributed by atoms with Crippen molar-refractivity contribution in [3.05, 3.63) is 72.1 Å². The van der Waals surface area contributed by atoms with Gasteiger partial charge in [0.2, 0.25) is 0 Å². The number of H-pyrrole nitrogens is 1. The molecule has 0 spiro atoms. The molecular weight excluding hydrogens is 374 g/mol. The molecule has 0 aliphatic heterocycles. The van der Waals surface area contributed by atoms with E-state index in [1.54, 1.807) is 0 Å². The van der Waals surface area contributed by atoms with Crippen LogP contribution in [0.25, 0.3) is 33.1 Å². The molecule has 3 aromatic heterocycles. The normalized spacial score (nSPS) is 11.5. The van der Waals surface area contributed by atoms with E-state index in [0.717, 1.165) is 52.7 Å². The number of aromatic nitrogens is 5. The quantitative estimate of drug-likeness (QED) is 0.380. The average Bonchev–Trinajstić information content (AvgIpc) is 3.43. The highest BCUT2D eigenvalue weighted by Gasteiger charge is 2.12. The molecule has 0 atom stereocenters. The van der Waals surface area contributed by atoms with Crippen molar-refractivity contribution < 1.29 is 0 Å². The van der Waals surface area contributed by atoms with Gasteiger partial charge in [-0.15, -0.1) is 0 Å². The number of pyridine rings is 1. The van der Waals surface area contributed by atoms with E-state index in [2.05, 4.69) is 75.1 Å². The summed E-state index contributed by atoms with van der Waals surface area (Å²) < 4.78 is 1.94. The lowest BCUT2D eigenvalue weighted by Gasteiger charge is -2.07. The van der Waals surface area contributed by atoms with Crippen LogP contribution in [0.2, 0.25) is 0 Å².